The molecule has 128 valence electrons. The van der Waals surface area contributed by atoms with Gasteiger partial charge < -0.3 is 9.47 Å². The molecule has 0 unspecified atom stereocenters. The lowest BCUT2D eigenvalue weighted by Crippen LogP contribution is -2.09. The Labute approximate surface area is 157 Å². The van der Waals surface area contributed by atoms with E-state index in [1.165, 1.54) is 19.3 Å². The molecule has 0 atom stereocenters. The van der Waals surface area contributed by atoms with Crippen molar-refractivity contribution in [3.05, 3.63) is 57.2 Å². The van der Waals surface area contributed by atoms with E-state index in [4.69, 9.17) is 9.47 Å². The number of esters is 1. The summed E-state index contributed by atoms with van der Waals surface area (Å²) < 4.78 is 12.1. The molecule has 0 saturated heterocycles. The van der Waals surface area contributed by atoms with Crippen molar-refractivity contribution < 1.29 is 14.3 Å². The number of carbonyl (C=O) groups excluding carboxylic acids is 1. The number of hydrogen-bond donors (Lipinski definition) is 0. The molecular formula is C20H23IO3. The molecule has 0 heterocycles. The van der Waals surface area contributed by atoms with Gasteiger partial charge in [-0.2, -0.15) is 0 Å². The van der Waals surface area contributed by atoms with Crippen LogP contribution in [0.5, 0.6) is 11.5 Å². The summed E-state index contributed by atoms with van der Waals surface area (Å²) in [6.07, 6.45) is 4.73. The van der Waals surface area contributed by atoms with Gasteiger partial charge in [0.05, 0.1) is 12.2 Å². The van der Waals surface area contributed by atoms with Gasteiger partial charge in [0.2, 0.25) is 0 Å². The lowest BCUT2D eigenvalue weighted by atomic mass is 10.1. The van der Waals surface area contributed by atoms with Crippen LogP contribution in [0.15, 0.2) is 42.5 Å². The van der Waals surface area contributed by atoms with E-state index >= 15 is 0 Å². The molecule has 0 fully saturated rings. The lowest BCUT2D eigenvalue weighted by Gasteiger charge is -2.08. The molecule has 24 heavy (non-hydrogen) atoms. The summed E-state index contributed by atoms with van der Waals surface area (Å²) in [5.74, 6) is 0.978. The minimum atomic E-state index is -0.346. The molecule has 2 aromatic carbocycles. The summed E-state index contributed by atoms with van der Waals surface area (Å²) in [4.78, 5) is 12.2. The zero-order valence-corrected chi connectivity index (χ0v) is 16.3. The second-order valence-corrected chi connectivity index (χ2v) is 6.90. The van der Waals surface area contributed by atoms with Gasteiger partial charge in [-0.1, -0.05) is 32.3 Å². The maximum absolute atomic E-state index is 12.2. The van der Waals surface area contributed by atoms with E-state index in [0.717, 1.165) is 27.9 Å². The Balaban J connectivity index is 1.86. The summed E-state index contributed by atoms with van der Waals surface area (Å²) in [5, 5.41) is 0. The van der Waals surface area contributed by atoms with Crippen molar-refractivity contribution in [1.29, 1.82) is 0 Å². The van der Waals surface area contributed by atoms with Gasteiger partial charge in [-0.15, -0.1) is 0 Å². The van der Waals surface area contributed by atoms with Crippen LogP contribution in [0.4, 0.5) is 0 Å². The molecule has 0 aliphatic rings. The van der Waals surface area contributed by atoms with Gasteiger partial charge in [-0.25, -0.2) is 4.79 Å². The first-order chi connectivity index (χ1) is 11.6. The highest BCUT2D eigenvalue weighted by Crippen LogP contribution is 2.20. The Morgan fingerprint density at radius 2 is 1.71 bits per heavy atom. The summed E-state index contributed by atoms with van der Waals surface area (Å²) in [7, 11) is 0. The van der Waals surface area contributed by atoms with E-state index in [9.17, 15) is 4.79 Å². The van der Waals surface area contributed by atoms with Crippen LogP contribution in [-0.4, -0.2) is 12.6 Å². The van der Waals surface area contributed by atoms with E-state index in [0.29, 0.717) is 11.3 Å². The number of halogens is 1. The van der Waals surface area contributed by atoms with E-state index in [1.807, 2.05) is 31.2 Å². The zero-order chi connectivity index (χ0) is 17.4. The Bertz CT molecular complexity index is 665. The number of aryl methyl sites for hydroxylation is 1. The molecule has 2 rings (SSSR count). The second-order valence-electron chi connectivity index (χ2n) is 5.73. The molecule has 0 bridgehead atoms. The van der Waals surface area contributed by atoms with Gasteiger partial charge >= 0.3 is 5.97 Å². The third-order valence-corrected chi connectivity index (χ3v) is 4.87. The maximum Gasteiger partial charge on any atom is 0.343 e. The molecule has 0 amide bonds. The monoisotopic (exact) mass is 438 g/mol. The molecule has 0 aliphatic carbocycles. The van der Waals surface area contributed by atoms with Crippen LogP contribution in [0.3, 0.4) is 0 Å². The summed E-state index contributed by atoms with van der Waals surface area (Å²) in [5.41, 5.74) is 1.70. The highest BCUT2D eigenvalue weighted by atomic mass is 127. The third kappa shape index (κ3) is 5.82. The van der Waals surface area contributed by atoms with Crippen molar-refractivity contribution in [2.24, 2.45) is 0 Å². The summed E-state index contributed by atoms with van der Waals surface area (Å²) >= 11 is 2.22. The number of rotatable bonds is 8. The van der Waals surface area contributed by atoms with Crippen molar-refractivity contribution in [2.45, 2.75) is 39.5 Å². The molecular weight excluding hydrogens is 415 g/mol. The minimum absolute atomic E-state index is 0.346. The SMILES string of the molecule is CCCCCCOc1ccc(OC(=O)c2ccc(C)c(I)c2)cc1. The predicted molar refractivity (Wildman–Crippen MR) is 105 cm³/mol. The molecule has 0 aliphatic heterocycles. The van der Waals surface area contributed by atoms with Crippen LogP contribution in [-0.2, 0) is 0 Å². The smallest absolute Gasteiger partial charge is 0.343 e. The molecule has 0 N–H and O–H groups in total. The standard InChI is InChI=1S/C20H23IO3/c1-3-4-5-6-13-23-17-9-11-18(12-10-17)24-20(22)16-8-7-15(2)19(21)14-16/h7-12,14H,3-6,13H2,1-2H3. The molecule has 2 aromatic rings. The van der Waals surface area contributed by atoms with Crippen LogP contribution < -0.4 is 9.47 Å². The van der Waals surface area contributed by atoms with Crippen molar-refractivity contribution in [3.63, 3.8) is 0 Å². The van der Waals surface area contributed by atoms with Crippen molar-refractivity contribution in [1.82, 2.24) is 0 Å². The Kier molecular flexibility index (Phi) is 7.56. The first-order valence-electron chi connectivity index (χ1n) is 8.31. The quantitative estimate of drug-likeness (QED) is 0.227. The first kappa shape index (κ1) is 18.8. The molecule has 0 aromatic heterocycles. The van der Waals surface area contributed by atoms with Gasteiger partial charge in [0, 0.05) is 3.57 Å². The van der Waals surface area contributed by atoms with Crippen molar-refractivity contribution >= 4 is 28.6 Å². The first-order valence-corrected chi connectivity index (χ1v) is 9.39. The van der Waals surface area contributed by atoms with Crippen LogP contribution in [0, 0.1) is 10.5 Å². The van der Waals surface area contributed by atoms with E-state index in [1.54, 1.807) is 18.2 Å². The predicted octanol–water partition coefficient (Wildman–Crippen LogP) is 5.78. The second kappa shape index (κ2) is 9.67. The largest absolute Gasteiger partial charge is 0.494 e. The van der Waals surface area contributed by atoms with E-state index in [2.05, 4.69) is 29.5 Å². The molecule has 0 radical (unpaired) electrons. The normalized spacial score (nSPS) is 10.5. The number of carbonyl (C=O) groups is 1. The topological polar surface area (TPSA) is 35.5 Å². The van der Waals surface area contributed by atoms with Gasteiger partial charge in [0.25, 0.3) is 0 Å². The molecule has 0 spiro atoms. The van der Waals surface area contributed by atoms with Crippen molar-refractivity contribution in [2.75, 3.05) is 6.61 Å². The van der Waals surface area contributed by atoms with Crippen LogP contribution in [0.2, 0.25) is 0 Å². The number of benzene rings is 2. The van der Waals surface area contributed by atoms with Crippen molar-refractivity contribution in [3.8, 4) is 11.5 Å². The van der Waals surface area contributed by atoms with E-state index < -0.39 is 0 Å². The van der Waals surface area contributed by atoms with Gasteiger partial charge in [0.1, 0.15) is 11.5 Å². The highest BCUT2D eigenvalue weighted by molar-refractivity contribution is 14.1. The molecule has 4 heteroatoms. The van der Waals surface area contributed by atoms with Crippen LogP contribution in [0.1, 0.15) is 48.5 Å². The third-order valence-electron chi connectivity index (χ3n) is 3.71. The minimum Gasteiger partial charge on any atom is -0.494 e. The highest BCUT2D eigenvalue weighted by Gasteiger charge is 2.10. The average Bonchev–Trinajstić information content (AvgIpc) is 2.58. The summed E-state index contributed by atoms with van der Waals surface area (Å²) in [6.45, 7) is 4.93. The Morgan fingerprint density at radius 1 is 1.00 bits per heavy atom. The number of ether oxygens (including phenoxy) is 2. The fourth-order valence-corrected chi connectivity index (χ4v) is 2.72. The number of hydrogen-bond acceptors (Lipinski definition) is 3. The molecule has 3 nitrogen and oxygen atoms in total. The van der Waals surface area contributed by atoms with Gasteiger partial charge in [0.15, 0.2) is 0 Å². The van der Waals surface area contributed by atoms with Crippen LogP contribution >= 0.6 is 22.6 Å². The fourth-order valence-electron chi connectivity index (χ4n) is 2.21. The Hall–Kier alpha value is -1.56. The molecule has 0 saturated carbocycles. The maximum atomic E-state index is 12.2. The van der Waals surface area contributed by atoms with Gasteiger partial charge in [-0.05, 0) is 77.9 Å². The van der Waals surface area contributed by atoms with E-state index in [-0.39, 0.29) is 5.97 Å². The fraction of sp³-hybridized carbons (Fsp3) is 0.350. The zero-order valence-electron chi connectivity index (χ0n) is 14.2. The van der Waals surface area contributed by atoms with Crippen LogP contribution in [0.25, 0.3) is 0 Å². The number of unbranched alkanes of at least 4 members (excludes halogenated alkanes) is 3. The Morgan fingerprint density at radius 3 is 2.38 bits per heavy atom. The average molecular weight is 438 g/mol. The van der Waals surface area contributed by atoms with Gasteiger partial charge in [-0.3, -0.25) is 0 Å². The summed E-state index contributed by atoms with van der Waals surface area (Å²) in [6, 6.07) is 12.7. The lowest BCUT2D eigenvalue weighted by molar-refractivity contribution is 0.0734.